The van der Waals surface area contributed by atoms with E-state index in [0.717, 1.165) is 0 Å². The first kappa shape index (κ1) is 10.9. The number of non-ortho nitro benzene ring substituents is 1. The van der Waals surface area contributed by atoms with E-state index in [0.29, 0.717) is 5.69 Å². The largest absolute Gasteiger partial charge is 0.543 e. The average molecular weight is 231 g/mol. The summed E-state index contributed by atoms with van der Waals surface area (Å²) in [5.41, 5.74) is 0.481. The fourth-order valence-electron chi connectivity index (χ4n) is 1.51. The van der Waals surface area contributed by atoms with Crippen LogP contribution in [0, 0.1) is 10.1 Å². The molecule has 1 heterocycles. The number of carboxylic acid groups (broad SMARTS) is 1. The molecule has 0 amide bonds. The molecular formula is C11H7N2O4-. The van der Waals surface area contributed by atoms with Crippen LogP contribution in [0.2, 0.25) is 0 Å². The van der Waals surface area contributed by atoms with Crippen molar-refractivity contribution in [3.05, 3.63) is 58.4 Å². The number of hydrogen-bond acceptors (Lipinski definition) is 4. The molecular weight excluding hydrogens is 224 g/mol. The van der Waals surface area contributed by atoms with E-state index in [-0.39, 0.29) is 11.4 Å². The van der Waals surface area contributed by atoms with Crippen molar-refractivity contribution >= 4 is 11.7 Å². The molecule has 0 saturated heterocycles. The van der Waals surface area contributed by atoms with Crippen molar-refractivity contribution in [1.29, 1.82) is 0 Å². The highest BCUT2D eigenvalue weighted by Crippen LogP contribution is 2.17. The summed E-state index contributed by atoms with van der Waals surface area (Å²) in [5.74, 6) is -1.30. The van der Waals surface area contributed by atoms with Gasteiger partial charge in [-0.05, 0) is 24.3 Å². The molecule has 0 fully saturated rings. The molecule has 0 unspecified atom stereocenters. The second-order valence-corrected chi connectivity index (χ2v) is 3.32. The maximum atomic E-state index is 10.8. The third-order valence-corrected chi connectivity index (χ3v) is 2.30. The molecule has 0 bridgehead atoms. The van der Waals surface area contributed by atoms with E-state index in [1.54, 1.807) is 12.3 Å². The summed E-state index contributed by atoms with van der Waals surface area (Å²) in [6.07, 6.45) is 1.55. The summed E-state index contributed by atoms with van der Waals surface area (Å²) >= 11 is 0. The van der Waals surface area contributed by atoms with Crippen LogP contribution in [0.15, 0.2) is 42.6 Å². The van der Waals surface area contributed by atoms with Crippen molar-refractivity contribution in [3.8, 4) is 5.69 Å². The highest BCUT2D eigenvalue weighted by Gasteiger charge is 2.07. The first-order valence-corrected chi connectivity index (χ1v) is 4.73. The lowest BCUT2D eigenvalue weighted by Crippen LogP contribution is -2.24. The number of carbonyl (C=O) groups is 1. The van der Waals surface area contributed by atoms with Gasteiger partial charge < -0.3 is 14.5 Å². The van der Waals surface area contributed by atoms with Gasteiger partial charge in [0, 0.05) is 24.0 Å². The van der Waals surface area contributed by atoms with Crippen LogP contribution in [0.3, 0.4) is 0 Å². The fraction of sp³-hybridized carbons (Fsp3) is 0. The maximum Gasteiger partial charge on any atom is 0.269 e. The lowest BCUT2D eigenvalue weighted by molar-refractivity contribution is -0.384. The number of nitro benzene ring substituents is 1. The molecule has 0 aliphatic heterocycles. The van der Waals surface area contributed by atoms with Crippen molar-refractivity contribution in [2.45, 2.75) is 0 Å². The lowest BCUT2D eigenvalue weighted by Gasteiger charge is -2.09. The molecule has 0 N–H and O–H groups in total. The van der Waals surface area contributed by atoms with E-state index >= 15 is 0 Å². The van der Waals surface area contributed by atoms with Crippen molar-refractivity contribution in [3.63, 3.8) is 0 Å². The van der Waals surface area contributed by atoms with E-state index in [1.807, 2.05) is 0 Å². The summed E-state index contributed by atoms with van der Waals surface area (Å²) in [7, 11) is 0. The number of aromatic carboxylic acids is 1. The quantitative estimate of drug-likeness (QED) is 0.575. The van der Waals surface area contributed by atoms with Crippen molar-refractivity contribution in [2.75, 3.05) is 0 Å². The van der Waals surface area contributed by atoms with Gasteiger partial charge in [-0.1, -0.05) is 0 Å². The predicted octanol–water partition coefficient (Wildman–Crippen LogP) is 0.749. The number of carboxylic acids is 1. The van der Waals surface area contributed by atoms with Gasteiger partial charge in [-0.25, -0.2) is 0 Å². The Labute approximate surface area is 95.9 Å². The van der Waals surface area contributed by atoms with Crippen LogP contribution in [-0.4, -0.2) is 15.5 Å². The number of hydrogen-bond donors (Lipinski definition) is 0. The summed E-state index contributed by atoms with van der Waals surface area (Å²) in [6, 6.07) is 8.54. The first-order chi connectivity index (χ1) is 8.09. The van der Waals surface area contributed by atoms with E-state index in [4.69, 9.17) is 0 Å². The van der Waals surface area contributed by atoms with Crippen LogP contribution >= 0.6 is 0 Å². The third-order valence-electron chi connectivity index (χ3n) is 2.30. The SMILES string of the molecule is O=C([O-])c1cccn1-c1ccc([N+](=O)[O-])cc1. The molecule has 2 aromatic rings. The normalized spacial score (nSPS) is 10.1. The summed E-state index contributed by atoms with van der Waals surface area (Å²) in [4.78, 5) is 20.7. The Bertz CT molecular complexity index is 571. The van der Waals surface area contributed by atoms with Gasteiger partial charge >= 0.3 is 0 Å². The minimum atomic E-state index is -1.30. The summed E-state index contributed by atoms with van der Waals surface area (Å²) < 4.78 is 1.39. The molecule has 1 aromatic heterocycles. The predicted molar refractivity (Wildman–Crippen MR) is 56.8 cm³/mol. The molecule has 86 valence electrons. The van der Waals surface area contributed by atoms with Crippen LogP contribution in [0.5, 0.6) is 0 Å². The van der Waals surface area contributed by atoms with Gasteiger partial charge in [0.25, 0.3) is 5.69 Å². The number of aromatic nitrogens is 1. The number of carbonyl (C=O) groups excluding carboxylic acids is 1. The van der Waals surface area contributed by atoms with Crippen LogP contribution in [0.4, 0.5) is 5.69 Å². The molecule has 6 heteroatoms. The second kappa shape index (κ2) is 4.09. The van der Waals surface area contributed by atoms with Crippen LogP contribution < -0.4 is 5.11 Å². The van der Waals surface area contributed by atoms with Gasteiger partial charge in [-0.3, -0.25) is 10.1 Å². The topological polar surface area (TPSA) is 88.2 Å². The second-order valence-electron chi connectivity index (χ2n) is 3.32. The minimum absolute atomic E-state index is 0.00106. The van der Waals surface area contributed by atoms with Crippen molar-refractivity contribution in [1.82, 2.24) is 4.57 Å². The molecule has 0 radical (unpaired) electrons. The van der Waals surface area contributed by atoms with Gasteiger partial charge in [0.2, 0.25) is 0 Å². The van der Waals surface area contributed by atoms with E-state index in [2.05, 4.69) is 0 Å². The Morgan fingerprint density at radius 1 is 1.18 bits per heavy atom. The Kier molecular flexibility index (Phi) is 2.61. The van der Waals surface area contributed by atoms with Gasteiger partial charge in [-0.15, -0.1) is 0 Å². The third kappa shape index (κ3) is 2.00. The first-order valence-electron chi connectivity index (χ1n) is 4.73. The van der Waals surface area contributed by atoms with E-state index in [9.17, 15) is 20.0 Å². The number of nitrogens with zero attached hydrogens (tertiary/aromatic N) is 2. The van der Waals surface area contributed by atoms with Gasteiger partial charge in [0.1, 0.15) is 0 Å². The average Bonchev–Trinajstić information content (AvgIpc) is 2.78. The minimum Gasteiger partial charge on any atom is -0.543 e. The molecule has 0 aliphatic rings. The fourth-order valence-corrected chi connectivity index (χ4v) is 1.51. The smallest absolute Gasteiger partial charge is 0.269 e. The molecule has 0 aliphatic carbocycles. The van der Waals surface area contributed by atoms with E-state index < -0.39 is 10.9 Å². The highest BCUT2D eigenvalue weighted by molar-refractivity contribution is 5.84. The van der Waals surface area contributed by atoms with Crippen LogP contribution in [-0.2, 0) is 0 Å². The molecule has 1 aromatic carbocycles. The maximum absolute atomic E-state index is 10.8. The van der Waals surface area contributed by atoms with Crippen molar-refractivity contribution < 1.29 is 14.8 Å². The molecule has 2 rings (SSSR count). The molecule has 0 spiro atoms. The van der Waals surface area contributed by atoms with Crippen molar-refractivity contribution in [2.24, 2.45) is 0 Å². The monoisotopic (exact) mass is 231 g/mol. The Hall–Kier alpha value is -2.63. The summed E-state index contributed by atoms with van der Waals surface area (Å²) in [5, 5.41) is 21.3. The molecule has 6 nitrogen and oxygen atoms in total. The Balaban J connectivity index is 2.43. The number of benzene rings is 1. The number of rotatable bonds is 3. The van der Waals surface area contributed by atoms with Gasteiger partial charge in [0.15, 0.2) is 0 Å². The molecule has 17 heavy (non-hydrogen) atoms. The zero-order valence-corrected chi connectivity index (χ0v) is 8.57. The standard InChI is InChI=1S/C11H8N2O4/c14-11(15)10-2-1-7-12(10)8-3-5-9(6-4-8)13(16)17/h1-7H,(H,14,15)/p-1. The Morgan fingerprint density at radius 2 is 1.82 bits per heavy atom. The highest BCUT2D eigenvalue weighted by atomic mass is 16.6. The number of nitro groups is 1. The molecule has 0 atom stereocenters. The lowest BCUT2D eigenvalue weighted by atomic mass is 10.3. The van der Waals surface area contributed by atoms with Gasteiger partial charge in [0.05, 0.1) is 16.6 Å². The molecule has 0 saturated carbocycles. The zero-order valence-electron chi connectivity index (χ0n) is 8.57. The summed E-state index contributed by atoms with van der Waals surface area (Å²) in [6.45, 7) is 0. The Morgan fingerprint density at radius 3 is 2.35 bits per heavy atom. The van der Waals surface area contributed by atoms with Crippen LogP contribution in [0.1, 0.15) is 10.5 Å². The zero-order chi connectivity index (χ0) is 12.4. The van der Waals surface area contributed by atoms with Crippen LogP contribution in [0.25, 0.3) is 5.69 Å². The van der Waals surface area contributed by atoms with E-state index in [1.165, 1.54) is 34.9 Å². The van der Waals surface area contributed by atoms with Gasteiger partial charge in [-0.2, -0.15) is 0 Å².